The van der Waals surface area contributed by atoms with Crippen LogP contribution < -0.4 is 10.1 Å². The minimum absolute atomic E-state index is 0.0160. The summed E-state index contributed by atoms with van der Waals surface area (Å²) in [5.74, 6) is -0.816. The molecule has 6 heteroatoms. The van der Waals surface area contributed by atoms with E-state index >= 15 is 0 Å². The van der Waals surface area contributed by atoms with Crippen molar-refractivity contribution >= 4 is 11.9 Å². The fraction of sp³-hybridized carbons (Fsp3) is 0.429. The van der Waals surface area contributed by atoms with Crippen LogP contribution in [0.5, 0.6) is 11.5 Å². The SMILES string of the molecule is COc1cc(C(=O)NCCCCCC(=O)O)ccc1O. The number of aliphatic carboxylic acids is 1. The molecule has 1 aromatic carbocycles. The van der Waals surface area contributed by atoms with Gasteiger partial charge >= 0.3 is 5.97 Å². The molecule has 0 saturated heterocycles. The number of phenolic OH excluding ortho intramolecular Hbond substituents is 1. The number of benzene rings is 1. The second-order valence-corrected chi connectivity index (χ2v) is 4.35. The molecule has 3 N–H and O–H groups in total. The molecular weight excluding hydrogens is 262 g/mol. The lowest BCUT2D eigenvalue weighted by molar-refractivity contribution is -0.137. The van der Waals surface area contributed by atoms with Gasteiger partial charge in [0.25, 0.3) is 5.91 Å². The van der Waals surface area contributed by atoms with Crippen molar-refractivity contribution in [3.63, 3.8) is 0 Å². The highest BCUT2D eigenvalue weighted by atomic mass is 16.5. The third-order valence-electron chi connectivity index (χ3n) is 2.79. The van der Waals surface area contributed by atoms with E-state index in [4.69, 9.17) is 9.84 Å². The Kier molecular flexibility index (Phi) is 6.36. The van der Waals surface area contributed by atoms with Crippen molar-refractivity contribution in [2.45, 2.75) is 25.7 Å². The highest BCUT2D eigenvalue weighted by Crippen LogP contribution is 2.26. The Labute approximate surface area is 117 Å². The number of amides is 1. The van der Waals surface area contributed by atoms with E-state index in [1.807, 2.05) is 0 Å². The number of carbonyl (C=O) groups is 2. The minimum atomic E-state index is -0.801. The summed E-state index contributed by atoms with van der Waals surface area (Å²) in [6.45, 7) is 0.488. The maximum Gasteiger partial charge on any atom is 0.303 e. The van der Waals surface area contributed by atoms with Crippen molar-refractivity contribution < 1.29 is 24.5 Å². The number of phenols is 1. The number of carboxylic acid groups (broad SMARTS) is 1. The first-order valence-corrected chi connectivity index (χ1v) is 6.41. The average molecular weight is 281 g/mol. The van der Waals surface area contributed by atoms with Gasteiger partial charge in [0.15, 0.2) is 11.5 Å². The molecule has 0 bridgehead atoms. The van der Waals surface area contributed by atoms with Crippen LogP contribution in [0.25, 0.3) is 0 Å². The van der Waals surface area contributed by atoms with Crippen LogP contribution in [0.15, 0.2) is 18.2 Å². The van der Waals surface area contributed by atoms with Gasteiger partial charge in [-0.2, -0.15) is 0 Å². The maximum atomic E-state index is 11.8. The summed E-state index contributed by atoms with van der Waals surface area (Å²) in [6.07, 6.45) is 2.25. The van der Waals surface area contributed by atoms with Crippen molar-refractivity contribution in [2.75, 3.05) is 13.7 Å². The number of rotatable bonds is 8. The predicted molar refractivity (Wildman–Crippen MR) is 73.1 cm³/mol. The minimum Gasteiger partial charge on any atom is -0.504 e. The predicted octanol–water partition coefficient (Wildman–Crippen LogP) is 1.78. The Balaban J connectivity index is 2.34. The number of nitrogens with one attached hydrogen (secondary N) is 1. The second-order valence-electron chi connectivity index (χ2n) is 4.35. The molecule has 0 aliphatic rings. The van der Waals surface area contributed by atoms with Gasteiger partial charge in [-0.25, -0.2) is 0 Å². The van der Waals surface area contributed by atoms with E-state index in [0.717, 1.165) is 12.8 Å². The standard InChI is InChI=1S/C14H19NO5/c1-20-12-9-10(6-7-11(12)16)14(19)15-8-4-2-3-5-13(17)18/h6-7,9,16H,2-5,8H2,1H3,(H,15,19)(H,17,18). The van der Waals surface area contributed by atoms with Crippen LogP contribution in [0.3, 0.4) is 0 Å². The fourth-order valence-electron chi connectivity index (χ4n) is 1.70. The molecule has 6 nitrogen and oxygen atoms in total. The zero-order valence-electron chi connectivity index (χ0n) is 11.4. The first kappa shape index (κ1) is 15.8. The molecule has 0 unspecified atom stereocenters. The third kappa shape index (κ3) is 5.17. The molecule has 0 fully saturated rings. The number of ether oxygens (including phenoxy) is 1. The van der Waals surface area contributed by atoms with Gasteiger partial charge in [-0.05, 0) is 31.0 Å². The highest BCUT2D eigenvalue weighted by Gasteiger charge is 2.09. The first-order chi connectivity index (χ1) is 9.54. The first-order valence-electron chi connectivity index (χ1n) is 6.41. The number of unbranched alkanes of at least 4 members (excludes halogenated alkanes) is 2. The monoisotopic (exact) mass is 281 g/mol. The van der Waals surface area contributed by atoms with Gasteiger partial charge < -0.3 is 20.3 Å². The molecular formula is C14H19NO5. The van der Waals surface area contributed by atoms with Gasteiger partial charge in [0.1, 0.15) is 0 Å². The van der Waals surface area contributed by atoms with Crippen LogP contribution in [-0.4, -0.2) is 35.7 Å². The van der Waals surface area contributed by atoms with Gasteiger partial charge in [-0.1, -0.05) is 6.42 Å². The molecule has 0 atom stereocenters. The molecule has 0 saturated carbocycles. The smallest absolute Gasteiger partial charge is 0.303 e. The van der Waals surface area contributed by atoms with E-state index in [1.165, 1.54) is 25.3 Å². The van der Waals surface area contributed by atoms with Crippen LogP contribution in [0, 0.1) is 0 Å². The lowest BCUT2D eigenvalue weighted by atomic mass is 10.1. The number of hydrogen-bond donors (Lipinski definition) is 3. The van der Waals surface area contributed by atoms with Gasteiger partial charge in [-0.15, -0.1) is 0 Å². The highest BCUT2D eigenvalue weighted by molar-refractivity contribution is 5.94. The molecule has 20 heavy (non-hydrogen) atoms. The summed E-state index contributed by atoms with van der Waals surface area (Å²) < 4.78 is 4.93. The summed E-state index contributed by atoms with van der Waals surface area (Å²) >= 11 is 0. The van der Waals surface area contributed by atoms with Crippen LogP contribution >= 0.6 is 0 Å². The molecule has 0 aliphatic carbocycles. The summed E-state index contributed by atoms with van der Waals surface area (Å²) in [5.41, 5.74) is 0.408. The fourth-order valence-corrected chi connectivity index (χ4v) is 1.70. The molecule has 0 heterocycles. The van der Waals surface area contributed by atoms with Crippen molar-refractivity contribution in [3.8, 4) is 11.5 Å². The molecule has 110 valence electrons. The van der Waals surface area contributed by atoms with E-state index in [-0.39, 0.29) is 23.8 Å². The van der Waals surface area contributed by atoms with Gasteiger partial charge in [0, 0.05) is 18.5 Å². The van der Waals surface area contributed by atoms with E-state index < -0.39 is 5.97 Å². The molecule has 1 amide bonds. The molecule has 0 radical (unpaired) electrons. The summed E-state index contributed by atoms with van der Waals surface area (Å²) in [5, 5.41) is 20.6. The van der Waals surface area contributed by atoms with Crippen molar-refractivity contribution in [1.82, 2.24) is 5.32 Å². The number of aromatic hydroxyl groups is 1. The number of hydrogen-bond acceptors (Lipinski definition) is 4. The van der Waals surface area contributed by atoms with E-state index in [9.17, 15) is 14.7 Å². The van der Waals surface area contributed by atoms with E-state index in [0.29, 0.717) is 18.5 Å². The quantitative estimate of drug-likeness (QED) is 0.631. The summed E-state index contributed by atoms with van der Waals surface area (Å²) in [7, 11) is 1.42. The summed E-state index contributed by atoms with van der Waals surface area (Å²) in [6, 6.07) is 4.38. The third-order valence-corrected chi connectivity index (χ3v) is 2.79. The largest absolute Gasteiger partial charge is 0.504 e. The number of methoxy groups -OCH3 is 1. The van der Waals surface area contributed by atoms with Crippen LogP contribution in [0.4, 0.5) is 0 Å². The lowest BCUT2D eigenvalue weighted by Gasteiger charge is -2.07. The second kappa shape index (κ2) is 8.04. The van der Waals surface area contributed by atoms with Crippen LogP contribution in [0.2, 0.25) is 0 Å². The number of carbonyl (C=O) groups excluding carboxylic acids is 1. The Bertz CT molecular complexity index is 473. The van der Waals surface area contributed by atoms with Crippen molar-refractivity contribution in [1.29, 1.82) is 0 Å². The topological polar surface area (TPSA) is 95.9 Å². The van der Waals surface area contributed by atoms with Crippen LogP contribution in [0.1, 0.15) is 36.0 Å². The van der Waals surface area contributed by atoms with Crippen molar-refractivity contribution in [3.05, 3.63) is 23.8 Å². The van der Waals surface area contributed by atoms with E-state index in [2.05, 4.69) is 5.32 Å². The van der Waals surface area contributed by atoms with Gasteiger partial charge in [0.05, 0.1) is 7.11 Å². The normalized spacial score (nSPS) is 10.1. The van der Waals surface area contributed by atoms with Gasteiger partial charge in [-0.3, -0.25) is 9.59 Å². The average Bonchev–Trinajstić information content (AvgIpc) is 2.42. The Morgan fingerprint density at radius 2 is 2.00 bits per heavy atom. The van der Waals surface area contributed by atoms with E-state index in [1.54, 1.807) is 0 Å². The summed E-state index contributed by atoms with van der Waals surface area (Å²) in [4.78, 5) is 22.1. The molecule has 1 rings (SSSR count). The molecule has 1 aromatic rings. The van der Waals surface area contributed by atoms with Crippen molar-refractivity contribution in [2.24, 2.45) is 0 Å². The van der Waals surface area contributed by atoms with Crippen LogP contribution in [-0.2, 0) is 4.79 Å². The Morgan fingerprint density at radius 1 is 1.25 bits per heavy atom. The lowest BCUT2D eigenvalue weighted by Crippen LogP contribution is -2.24. The van der Waals surface area contributed by atoms with Gasteiger partial charge in [0.2, 0.25) is 0 Å². The molecule has 0 spiro atoms. The number of carboxylic acids is 1. The maximum absolute atomic E-state index is 11.8. The zero-order chi connectivity index (χ0) is 15.0. The zero-order valence-corrected chi connectivity index (χ0v) is 11.4. The Morgan fingerprint density at radius 3 is 2.65 bits per heavy atom. The Hall–Kier alpha value is -2.24. The molecule has 0 aromatic heterocycles. The molecule has 0 aliphatic heterocycles.